The molecule has 13 heteroatoms. The van der Waals surface area contributed by atoms with Crippen LogP contribution in [0.1, 0.15) is 6.42 Å². The zero-order valence-electron chi connectivity index (χ0n) is 21.3. The largest absolute Gasteiger partial charge is 0.454 e. The fourth-order valence-corrected chi connectivity index (χ4v) is 4.62. The molecule has 4 aromatic rings. The molecule has 2 amide bonds. The number of halogens is 3. The Morgan fingerprint density at radius 1 is 1.05 bits per heavy atom. The van der Waals surface area contributed by atoms with Crippen LogP contribution in [0, 0.1) is 5.82 Å². The Bertz CT molecular complexity index is 1480. The third-order valence-corrected chi connectivity index (χ3v) is 6.70. The van der Waals surface area contributed by atoms with Crippen molar-refractivity contribution in [1.29, 1.82) is 0 Å². The van der Waals surface area contributed by atoms with Crippen LogP contribution in [0.25, 0.3) is 11.5 Å². The van der Waals surface area contributed by atoms with E-state index in [1.807, 2.05) is 4.57 Å². The number of carbonyl (C=O) groups is 1. The first-order valence-corrected chi connectivity index (χ1v) is 13.3. The predicted molar refractivity (Wildman–Crippen MR) is 151 cm³/mol. The summed E-state index contributed by atoms with van der Waals surface area (Å²) in [6.07, 6.45) is 4.17. The Labute approximate surface area is 240 Å². The molecule has 10 nitrogen and oxygen atoms in total. The van der Waals surface area contributed by atoms with E-state index in [2.05, 4.69) is 30.7 Å². The van der Waals surface area contributed by atoms with E-state index in [4.69, 9.17) is 32.7 Å². The number of hydrogen-bond donors (Lipinski definition) is 2. The van der Waals surface area contributed by atoms with Crippen LogP contribution in [0.5, 0.6) is 11.5 Å². The van der Waals surface area contributed by atoms with Crippen molar-refractivity contribution in [1.82, 2.24) is 24.6 Å². The Morgan fingerprint density at radius 3 is 2.70 bits per heavy atom. The average molecular weight is 586 g/mol. The summed E-state index contributed by atoms with van der Waals surface area (Å²) in [6.45, 7) is 5.10. The van der Waals surface area contributed by atoms with E-state index in [-0.39, 0.29) is 16.5 Å². The quantitative estimate of drug-likeness (QED) is 0.250. The number of aryl methyl sites for hydroxylation is 1. The lowest BCUT2D eigenvalue weighted by atomic mass is 10.2. The number of anilines is 2. The highest BCUT2D eigenvalue weighted by Gasteiger charge is 2.14. The van der Waals surface area contributed by atoms with Crippen LogP contribution in [0.3, 0.4) is 0 Å². The summed E-state index contributed by atoms with van der Waals surface area (Å²) in [5.74, 6) is 0.296. The molecule has 2 N–H and O–H groups in total. The van der Waals surface area contributed by atoms with Gasteiger partial charge in [-0.15, -0.1) is 10.2 Å². The number of carbonyl (C=O) groups excluding carboxylic acids is 1. The highest BCUT2D eigenvalue weighted by molar-refractivity contribution is 6.36. The molecule has 0 aliphatic carbocycles. The normalized spacial score (nSPS) is 13.7. The first-order chi connectivity index (χ1) is 19.4. The van der Waals surface area contributed by atoms with Crippen molar-refractivity contribution in [3.8, 4) is 23.0 Å². The Kier molecular flexibility index (Phi) is 9.07. The summed E-state index contributed by atoms with van der Waals surface area (Å²) >= 11 is 12.0. The van der Waals surface area contributed by atoms with Crippen molar-refractivity contribution < 1.29 is 18.7 Å². The molecular formula is C27H26Cl2FN7O3. The molecule has 208 valence electrons. The third-order valence-electron chi connectivity index (χ3n) is 6.15. The van der Waals surface area contributed by atoms with Crippen molar-refractivity contribution in [3.63, 3.8) is 0 Å². The summed E-state index contributed by atoms with van der Waals surface area (Å²) in [5, 5.41) is 14.1. The molecule has 0 bridgehead atoms. The van der Waals surface area contributed by atoms with Gasteiger partial charge in [-0.05, 0) is 42.8 Å². The number of amides is 2. The lowest BCUT2D eigenvalue weighted by molar-refractivity contribution is 0.0369. The molecule has 3 heterocycles. The van der Waals surface area contributed by atoms with Crippen LogP contribution in [-0.4, -0.2) is 63.5 Å². The van der Waals surface area contributed by atoms with Crippen LogP contribution >= 0.6 is 23.2 Å². The fraction of sp³-hybridized carbons (Fsp3) is 0.259. The van der Waals surface area contributed by atoms with Crippen molar-refractivity contribution in [2.45, 2.75) is 13.0 Å². The lowest BCUT2D eigenvalue weighted by Crippen LogP contribution is -2.37. The number of benzene rings is 2. The minimum Gasteiger partial charge on any atom is -0.454 e. The first kappa shape index (κ1) is 27.8. The maximum absolute atomic E-state index is 14.9. The van der Waals surface area contributed by atoms with Gasteiger partial charge in [-0.2, -0.15) is 0 Å². The number of pyridine rings is 1. The SMILES string of the molecule is O=C(Nc1ccc(Oc2ccnc(-c3nncn3CCCN3CCOCC3)c2)c(F)c1)Nc1ccc(Cl)cc1Cl. The summed E-state index contributed by atoms with van der Waals surface area (Å²) in [6, 6.07) is 11.5. The lowest BCUT2D eigenvalue weighted by Gasteiger charge is -2.26. The van der Waals surface area contributed by atoms with Crippen molar-refractivity contribution in [3.05, 3.63) is 76.9 Å². The van der Waals surface area contributed by atoms with E-state index < -0.39 is 11.8 Å². The predicted octanol–water partition coefficient (Wildman–Crippen LogP) is 5.94. The van der Waals surface area contributed by atoms with Gasteiger partial charge in [0, 0.05) is 55.2 Å². The van der Waals surface area contributed by atoms with Crippen LogP contribution in [0.4, 0.5) is 20.6 Å². The van der Waals surface area contributed by atoms with Gasteiger partial charge in [0.25, 0.3) is 0 Å². The second-order valence-corrected chi connectivity index (χ2v) is 9.83. The molecular weight excluding hydrogens is 560 g/mol. The molecule has 1 aliphatic rings. The van der Waals surface area contributed by atoms with E-state index in [0.717, 1.165) is 51.9 Å². The van der Waals surface area contributed by atoms with Gasteiger partial charge < -0.3 is 24.7 Å². The molecule has 5 rings (SSSR count). The van der Waals surface area contributed by atoms with Gasteiger partial charge in [-0.1, -0.05) is 23.2 Å². The number of nitrogens with zero attached hydrogens (tertiary/aromatic N) is 5. The number of rotatable bonds is 9. The van der Waals surface area contributed by atoms with Crippen LogP contribution in [-0.2, 0) is 11.3 Å². The smallest absolute Gasteiger partial charge is 0.323 e. The second kappa shape index (κ2) is 13.1. The monoisotopic (exact) mass is 585 g/mol. The summed E-state index contributed by atoms with van der Waals surface area (Å²) in [4.78, 5) is 19.1. The summed E-state index contributed by atoms with van der Waals surface area (Å²) in [7, 11) is 0. The minimum atomic E-state index is -0.660. The molecule has 2 aromatic carbocycles. The van der Waals surface area contributed by atoms with E-state index in [1.54, 1.807) is 36.8 Å². The molecule has 0 radical (unpaired) electrons. The highest BCUT2D eigenvalue weighted by Crippen LogP contribution is 2.29. The van der Waals surface area contributed by atoms with Crippen molar-refractivity contribution in [2.75, 3.05) is 43.5 Å². The van der Waals surface area contributed by atoms with Gasteiger partial charge >= 0.3 is 6.03 Å². The van der Waals surface area contributed by atoms with Gasteiger partial charge in [0.15, 0.2) is 17.4 Å². The van der Waals surface area contributed by atoms with Gasteiger partial charge in [-0.3, -0.25) is 9.88 Å². The highest BCUT2D eigenvalue weighted by atomic mass is 35.5. The van der Waals surface area contributed by atoms with Gasteiger partial charge in [0.05, 0.1) is 23.9 Å². The van der Waals surface area contributed by atoms with E-state index in [1.165, 1.54) is 18.2 Å². The standard InChI is InChI=1S/C27H26Cl2FN7O3/c28-18-2-4-23(21(29)14-18)34-27(38)33-19-3-5-25(22(30)15-19)40-20-6-7-31-24(16-20)26-35-32-17-37(26)9-1-8-36-10-12-39-13-11-36/h2-7,14-17H,1,8-13H2,(H2,33,34,38). The van der Waals surface area contributed by atoms with E-state index in [0.29, 0.717) is 28.0 Å². The number of hydrogen-bond acceptors (Lipinski definition) is 7. The van der Waals surface area contributed by atoms with Gasteiger partial charge in [-0.25, -0.2) is 9.18 Å². The number of nitrogens with one attached hydrogen (secondary N) is 2. The zero-order valence-corrected chi connectivity index (χ0v) is 22.8. The zero-order chi connectivity index (χ0) is 27.9. The molecule has 0 unspecified atom stereocenters. The van der Waals surface area contributed by atoms with Crippen molar-refractivity contribution >= 4 is 40.6 Å². The maximum atomic E-state index is 14.9. The van der Waals surface area contributed by atoms with Crippen molar-refractivity contribution in [2.24, 2.45) is 0 Å². The molecule has 0 atom stereocenters. The number of aromatic nitrogens is 4. The number of urea groups is 1. The third kappa shape index (κ3) is 7.24. The molecule has 1 aliphatic heterocycles. The first-order valence-electron chi connectivity index (χ1n) is 12.6. The molecule has 2 aromatic heterocycles. The summed E-state index contributed by atoms with van der Waals surface area (Å²) in [5.41, 5.74) is 1.15. The summed E-state index contributed by atoms with van der Waals surface area (Å²) < 4.78 is 28.0. The fourth-order valence-electron chi connectivity index (χ4n) is 4.17. The Morgan fingerprint density at radius 2 is 1.90 bits per heavy atom. The van der Waals surface area contributed by atoms with Gasteiger partial charge in [0.2, 0.25) is 0 Å². The minimum absolute atomic E-state index is 0.0177. The molecule has 1 saturated heterocycles. The number of morpholine rings is 1. The van der Waals surface area contributed by atoms with Gasteiger partial charge in [0.1, 0.15) is 17.8 Å². The Balaban J connectivity index is 1.20. The van der Waals surface area contributed by atoms with Crippen LogP contribution in [0.15, 0.2) is 61.1 Å². The maximum Gasteiger partial charge on any atom is 0.323 e. The van der Waals surface area contributed by atoms with Crippen LogP contribution < -0.4 is 15.4 Å². The molecule has 0 spiro atoms. The Hall–Kier alpha value is -3.77. The number of ether oxygens (including phenoxy) is 2. The average Bonchev–Trinajstić information content (AvgIpc) is 3.41. The van der Waals surface area contributed by atoms with Crippen LogP contribution in [0.2, 0.25) is 10.0 Å². The van der Waals surface area contributed by atoms with E-state index in [9.17, 15) is 9.18 Å². The topological polar surface area (TPSA) is 106 Å². The molecule has 0 saturated carbocycles. The molecule has 40 heavy (non-hydrogen) atoms. The second-order valence-electron chi connectivity index (χ2n) is 8.98. The van der Waals surface area contributed by atoms with E-state index >= 15 is 0 Å². The molecule has 1 fully saturated rings.